The monoisotopic (exact) mass is 276 g/mol. The van der Waals surface area contributed by atoms with Crippen LogP contribution in [0.4, 0.5) is 0 Å². The average Bonchev–Trinajstić information content (AvgIpc) is 2.26. The van der Waals surface area contributed by atoms with Gasteiger partial charge in [0.15, 0.2) is 0 Å². The van der Waals surface area contributed by atoms with Gasteiger partial charge in [-0.2, -0.15) is 0 Å². The van der Waals surface area contributed by atoms with Gasteiger partial charge in [0.1, 0.15) is 0 Å². The molecule has 0 saturated carbocycles. The highest BCUT2D eigenvalue weighted by Gasteiger charge is 2.33. The molecule has 1 rings (SSSR count). The Kier molecular flexibility index (Phi) is 3.84. The van der Waals surface area contributed by atoms with Crippen molar-refractivity contribution in [3.8, 4) is 0 Å². The lowest BCUT2D eigenvalue weighted by Gasteiger charge is -2.23. The molecule has 0 aliphatic heterocycles. The molecule has 0 aliphatic rings. The smallest absolute Gasteiger partial charge is 0.313 e. The van der Waals surface area contributed by atoms with Crippen LogP contribution in [-0.2, 0) is 19.3 Å². The SMILES string of the molecule is CCC(C)(C(=O)O)c1ccc(S(=O)(=O)Cl)cc1. The Morgan fingerprint density at radius 1 is 1.35 bits per heavy atom. The van der Waals surface area contributed by atoms with Crippen molar-refractivity contribution in [3.63, 3.8) is 0 Å². The van der Waals surface area contributed by atoms with Crippen LogP contribution in [0.25, 0.3) is 0 Å². The molecule has 0 spiro atoms. The number of rotatable bonds is 4. The highest BCUT2D eigenvalue weighted by atomic mass is 35.7. The number of carbonyl (C=O) groups is 1. The van der Waals surface area contributed by atoms with Crippen LogP contribution in [0.5, 0.6) is 0 Å². The van der Waals surface area contributed by atoms with E-state index in [9.17, 15) is 18.3 Å². The first-order valence-corrected chi connectivity index (χ1v) is 7.31. The molecule has 0 fully saturated rings. The Balaban J connectivity index is 3.23. The maximum Gasteiger partial charge on any atom is 0.313 e. The molecule has 0 aliphatic carbocycles. The first-order chi connectivity index (χ1) is 7.71. The lowest BCUT2D eigenvalue weighted by molar-refractivity contribution is -0.143. The maximum absolute atomic E-state index is 11.2. The molecule has 94 valence electrons. The van der Waals surface area contributed by atoms with Gasteiger partial charge < -0.3 is 5.11 Å². The topological polar surface area (TPSA) is 71.4 Å². The van der Waals surface area contributed by atoms with Crippen molar-refractivity contribution in [1.29, 1.82) is 0 Å². The van der Waals surface area contributed by atoms with E-state index >= 15 is 0 Å². The first kappa shape index (κ1) is 14.0. The summed E-state index contributed by atoms with van der Waals surface area (Å²) in [4.78, 5) is 11.2. The molecular formula is C11H13ClO4S. The number of hydrogen-bond donors (Lipinski definition) is 1. The summed E-state index contributed by atoms with van der Waals surface area (Å²) >= 11 is 0. The van der Waals surface area contributed by atoms with Gasteiger partial charge in [0, 0.05) is 10.7 Å². The zero-order valence-corrected chi connectivity index (χ0v) is 11.0. The van der Waals surface area contributed by atoms with Gasteiger partial charge in [0.05, 0.1) is 10.3 Å². The summed E-state index contributed by atoms with van der Waals surface area (Å²) in [6.07, 6.45) is 0.412. The molecule has 0 bridgehead atoms. The number of hydrogen-bond acceptors (Lipinski definition) is 3. The maximum atomic E-state index is 11.2. The zero-order chi connectivity index (χ0) is 13.3. The van der Waals surface area contributed by atoms with Crippen LogP contribution in [0.2, 0.25) is 0 Å². The van der Waals surface area contributed by atoms with Crippen molar-refractivity contribution in [2.75, 3.05) is 0 Å². The van der Waals surface area contributed by atoms with E-state index in [1.54, 1.807) is 13.8 Å². The Hall–Kier alpha value is -1.07. The van der Waals surface area contributed by atoms with Crippen LogP contribution in [-0.4, -0.2) is 19.5 Å². The van der Waals surface area contributed by atoms with Crippen molar-refractivity contribution in [3.05, 3.63) is 29.8 Å². The standard InChI is InChI=1S/C11H13ClO4S/c1-3-11(2,10(13)14)8-4-6-9(7-5-8)17(12,15)16/h4-7H,3H2,1-2H3,(H,13,14). The third-order valence-corrected chi connectivity index (χ3v) is 4.32. The predicted octanol–water partition coefficient (Wildman–Crippen LogP) is 2.37. The molecule has 1 N–H and O–H groups in total. The molecule has 1 aromatic carbocycles. The van der Waals surface area contributed by atoms with Crippen molar-refractivity contribution in [2.24, 2.45) is 0 Å². The van der Waals surface area contributed by atoms with Crippen molar-refractivity contribution >= 4 is 25.7 Å². The van der Waals surface area contributed by atoms with Crippen LogP contribution in [0.1, 0.15) is 25.8 Å². The summed E-state index contributed by atoms with van der Waals surface area (Å²) in [5, 5.41) is 9.17. The number of aliphatic carboxylic acids is 1. The van der Waals surface area contributed by atoms with Crippen LogP contribution in [0, 0.1) is 0 Å². The fourth-order valence-corrected chi connectivity index (χ4v) is 2.23. The van der Waals surface area contributed by atoms with E-state index in [4.69, 9.17) is 10.7 Å². The van der Waals surface area contributed by atoms with E-state index < -0.39 is 20.4 Å². The third-order valence-electron chi connectivity index (χ3n) is 2.95. The molecule has 0 radical (unpaired) electrons. The molecule has 0 heterocycles. The van der Waals surface area contributed by atoms with Gasteiger partial charge in [0.2, 0.25) is 0 Å². The molecular weight excluding hydrogens is 264 g/mol. The van der Waals surface area contributed by atoms with E-state index in [-0.39, 0.29) is 4.90 Å². The molecule has 0 saturated heterocycles. The summed E-state index contributed by atoms with van der Waals surface area (Å²) in [6.45, 7) is 3.36. The summed E-state index contributed by atoms with van der Waals surface area (Å²) in [5.74, 6) is -0.943. The second-order valence-electron chi connectivity index (χ2n) is 3.95. The quantitative estimate of drug-likeness (QED) is 0.857. The minimum atomic E-state index is -3.77. The van der Waals surface area contributed by atoms with Crippen LogP contribution < -0.4 is 0 Å². The fourth-order valence-electron chi connectivity index (χ4n) is 1.46. The summed E-state index contributed by atoms with van der Waals surface area (Å²) in [7, 11) is 1.41. The minimum absolute atomic E-state index is 0.0354. The molecule has 4 nitrogen and oxygen atoms in total. The van der Waals surface area contributed by atoms with Crippen molar-refractivity contribution in [2.45, 2.75) is 30.6 Å². The van der Waals surface area contributed by atoms with E-state index in [0.29, 0.717) is 12.0 Å². The fraction of sp³-hybridized carbons (Fsp3) is 0.364. The Labute approximate surface area is 105 Å². The predicted molar refractivity (Wildman–Crippen MR) is 64.8 cm³/mol. The second-order valence-corrected chi connectivity index (χ2v) is 6.52. The largest absolute Gasteiger partial charge is 0.481 e. The number of carboxylic acids is 1. The molecule has 1 atom stereocenters. The average molecular weight is 277 g/mol. The third kappa shape index (κ3) is 2.79. The van der Waals surface area contributed by atoms with E-state index in [1.807, 2.05) is 0 Å². The highest BCUT2D eigenvalue weighted by Crippen LogP contribution is 2.29. The van der Waals surface area contributed by atoms with Crippen LogP contribution in [0.3, 0.4) is 0 Å². The molecule has 17 heavy (non-hydrogen) atoms. The molecule has 1 aromatic rings. The van der Waals surface area contributed by atoms with Gasteiger partial charge in [-0.25, -0.2) is 8.42 Å². The van der Waals surface area contributed by atoms with Gasteiger partial charge in [-0.15, -0.1) is 0 Å². The Morgan fingerprint density at radius 2 is 1.82 bits per heavy atom. The first-order valence-electron chi connectivity index (χ1n) is 5.00. The van der Waals surface area contributed by atoms with Gasteiger partial charge in [-0.3, -0.25) is 4.79 Å². The van der Waals surface area contributed by atoms with Gasteiger partial charge in [0.25, 0.3) is 9.05 Å². The van der Waals surface area contributed by atoms with Crippen molar-refractivity contribution in [1.82, 2.24) is 0 Å². The minimum Gasteiger partial charge on any atom is -0.481 e. The lowest BCUT2D eigenvalue weighted by Crippen LogP contribution is -2.31. The highest BCUT2D eigenvalue weighted by molar-refractivity contribution is 8.13. The molecule has 1 unspecified atom stereocenters. The number of carboxylic acid groups (broad SMARTS) is 1. The molecule has 0 aromatic heterocycles. The summed E-state index contributed by atoms with van der Waals surface area (Å²) < 4.78 is 22.1. The van der Waals surface area contributed by atoms with Crippen LogP contribution in [0.15, 0.2) is 29.2 Å². The number of halogens is 1. The second kappa shape index (κ2) is 4.66. The molecule has 0 amide bonds. The zero-order valence-electron chi connectivity index (χ0n) is 9.47. The Bertz CT molecular complexity index is 521. The number of benzene rings is 1. The summed E-state index contributed by atoms with van der Waals surface area (Å²) in [6, 6.07) is 5.59. The van der Waals surface area contributed by atoms with Gasteiger partial charge >= 0.3 is 5.97 Å². The van der Waals surface area contributed by atoms with E-state index in [1.165, 1.54) is 24.3 Å². The Morgan fingerprint density at radius 3 is 2.12 bits per heavy atom. The molecule has 6 heteroatoms. The van der Waals surface area contributed by atoms with Crippen molar-refractivity contribution < 1.29 is 18.3 Å². The van der Waals surface area contributed by atoms with E-state index in [2.05, 4.69) is 0 Å². The normalized spacial score (nSPS) is 15.2. The van der Waals surface area contributed by atoms with E-state index in [0.717, 1.165) is 0 Å². The lowest BCUT2D eigenvalue weighted by atomic mass is 9.80. The van der Waals surface area contributed by atoms with Gasteiger partial charge in [-0.05, 0) is 31.0 Å². The summed E-state index contributed by atoms with van der Waals surface area (Å²) in [5.41, 5.74) is -0.467. The van der Waals surface area contributed by atoms with Crippen LogP contribution >= 0.6 is 10.7 Å². The van der Waals surface area contributed by atoms with Gasteiger partial charge in [-0.1, -0.05) is 19.1 Å².